The van der Waals surface area contributed by atoms with Crippen LogP contribution in [0.3, 0.4) is 0 Å². The minimum atomic E-state index is -4.63. The van der Waals surface area contributed by atoms with Crippen LogP contribution in [0.15, 0.2) is 42.9 Å². The number of rotatable bonds is 8. The monoisotopic (exact) mass is 599 g/mol. The highest BCUT2D eigenvalue weighted by molar-refractivity contribution is 5.90. The van der Waals surface area contributed by atoms with Gasteiger partial charge in [0, 0.05) is 25.5 Å². The Labute approximate surface area is 247 Å². The number of amides is 2. The Morgan fingerprint density at radius 3 is 2.42 bits per heavy atom. The maximum atomic E-state index is 13.9. The van der Waals surface area contributed by atoms with Gasteiger partial charge in [0.25, 0.3) is 0 Å². The fourth-order valence-corrected chi connectivity index (χ4v) is 5.51. The Bertz CT molecular complexity index is 1490. The van der Waals surface area contributed by atoms with Gasteiger partial charge in [-0.25, -0.2) is 14.8 Å². The summed E-state index contributed by atoms with van der Waals surface area (Å²) in [4.78, 5) is 34.3. The van der Waals surface area contributed by atoms with Gasteiger partial charge in [-0.15, -0.1) is 0 Å². The molecule has 1 aliphatic carbocycles. The number of nitrogens with two attached hydrogens (primary N) is 1. The number of nitrogens with zero attached hydrogens (tertiary/aromatic N) is 5. The van der Waals surface area contributed by atoms with Crippen molar-refractivity contribution in [2.24, 2.45) is 5.73 Å². The SMILES string of the molecule is CC(C)(C)OC(=O)N1CCC(n2cc(Nc3ncc(C(F)(F)F)c(CCc4ccccc4C4(C(N)=O)CC4)n3)cn2)CC1. The van der Waals surface area contributed by atoms with Crippen molar-refractivity contribution in [1.29, 1.82) is 0 Å². The van der Waals surface area contributed by atoms with Crippen LogP contribution in [0.1, 0.15) is 74.9 Å². The zero-order valence-electron chi connectivity index (χ0n) is 24.4. The molecule has 2 amide bonds. The highest BCUT2D eigenvalue weighted by Crippen LogP contribution is 2.49. The molecule has 0 atom stereocenters. The lowest BCUT2D eigenvalue weighted by molar-refractivity contribution is -0.138. The molecule has 1 aromatic carbocycles. The zero-order valence-corrected chi connectivity index (χ0v) is 24.4. The van der Waals surface area contributed by atoms with Gasteiger partial charge in [-0.05, 0) is 70.4 Å². The van der Waals surface area contributed by atoms with E-state index in [9.17, 15) is 22.8 Å². The fourth-order valence-electron chi connectivity index (χ4n) is 5.51. The van der Waals surface area contributed by atoms with Crippen molar-refractivity contribution in [1.82, 2.24) is 24.6 Å². The summed E-state index contributed by atoms with van der Waals surface area (Å²) in [7, 11) is 0. The van der Waals surface area contributed by atoms with E-state index in [2.05, 4.69) is 20.4 Å². The van der Waals surface area contributed by atoms with E-state index >= 15 is 0 Å². The van der Waals surface area contributed by atoms with Crippen molar-refractivity contribution in [2.75, 3.05) is 18.4 Å². The summed E-state index contributed by atoms with van der Waals surface area (Å²) in [5.41, 5.74) is 5.38. The largest absolute Gasteiger partial charge is 0.444 e. The minimum absolute atomic E-state index is 0.00656. The number of likely N-dealkylation sites (tertiary alicyclic amines) is 1. The van der Waals surface area contributed by atoms with Gasteiger partial charge >= 0.3 is 12.3 Å². The smallest absolute Gasteiger partial charge is 0.419 e. The second kappa shape index (κ2) is 11.5. The van der Waals surface area contributed by atoms with Crippen molar-refractivity contribution >= 4 is 23.6 Å². The van der Waals surface area contributed by atoms with E-state index in [-0.39, 0.29) is 36.6 Å². The molecule has 0 bridgehead atoms. The van der Waals surface area contributed by atoms with Crippen LogP contribution in [0.4, 0.5) is 29.6 Å². The third-order valence-corrected chi connectivity index (χ3v) is 7.91. The normalized spacial score (nSPS) is 17.0. The number of alkyl halides is 3. The Morgan fingerprint density at radius 2 is 1.79 bits per heavy atom. The Balaban J connectivity index is 1.27. The topological polar surface area (TPSA) is 128 Å². The molecule has 3 heterocycles. The molecule has 10 nitrogen and oxygen atoms in total. The van der Waals surface area contributed by atoms with Crippen molar-refractivity contribution in [3.8, 4) is 0 Å². The number of benzene rings is 1. The number of carbonyl (C=O) groups is 2. The number of primary amides is 1. The molecule has 3 N–H and O–H groups in total. The number of aromatic nitrogens is 4. The Hall–Kier alpha value is -4.16. The number of hydrogen-bond acceptors (Lipinski definition) is 7. The van der Waals surface area contributed by atoms with Crippen LogP contribution in [0.2, 0.25) is 0 Å². The molecule has 2 fully saturated rings. The molecule has 0 spiro atoms. The number of piperidine rings is 1. The highest BCUT2D eigenvalue weighted by atomic mass is 19.4. The molecule has 1 saturated carbocycles. The van der Waals surface area contributed by atoms with E-state index in [0.29, 0.717) is 44.5 Å². The Kier molecular flexibility index (Phi) is 8.10. The van der Waals surface area contributed by atoms with Crippen LogP contribution < -0.4 is 11.1 Å². The van der Waals surface area contributed by atoms with Crippen molar-refractivity contribution in [3.05, 3.63) is 65.2 Å². The van der Waals surface area contributed by atoms with Gasteiger partial charge in [-0.1, -0.05) is 24.3 Å². The number of nitrogens with one attached hydrogen (secondary N) is 1. The first-order chi connectivity index (χ1) is 20.2. The predicted octanol–water partition coefficient (Wildman–Crippen LogP) is 5.31. The summed E-state index contributed by atoms with van der Waals surface area (Å²) in [5, 5.41) is 7.39. The number of anilines is 2. The number of aryl methyl sites for hydroxylation is 2. The summed E-state index contributed by atoms with van der Waals surface area (Å²) in [5.74, 6) is -0.398. The summed E-state index contributed by atoms with van der Waals surface area (Å²) < 4.78 is 48.9. The number of halogens is 3. The molecule has 2 aromatic heterocycles. The van der Waals surface area contributed by atoms with E-state index in [4.69, 9.17) is 10.5 Å². The number of carbonyl (C=O) groups excluding carboxylic acids is 2. The van der Waals surface area contributed by atoms with Crippen LogP contribution in [-0.4, -0.2) is 55.3 Å². The van der Waals surface area contributed by atoms with Gasteiger partial charge in [0.05, 0.1) is 34.6 Å². The summed E-state index contributed by atoms with van der Waals surface area (Å²) >= 11 is 0. The number of ether oxygens (including phenoxy) is 1. The van der Waals surface area contributed by atoms with E-state index in [1.54, 1.807) is 34.1 Å². The molecule has 0 radical (unpaired) electrons. The molecule has 13 heteroatoms. The molecule has 2 aliphatic rings. The highest BCUT2D eigenvalue weighted by Gasteiger charge is 2.50. The van der Waals surface area contributed by atoms with E-state index in [0.717, 1.165) is 17.3 Å². The molecular weight excluding hydrogens is 563 g/mol. The van der Waals surface area contributed by atoms with Gasteiger partial charge in [-0.2, -0.15) is 18.3 Å². The molecule has 1 aliphatic heterocycles. The maximum Gasteiger partial charge on any atom is 0.419 e. The lowest BCUT2D eigenvalue weighted by atomic mass is 9.88. The van der Waals surface area contributed by atoms with Gasteiger partial charge < -0.3 is 20.7 Å². The van der Waals surface area contributed by atoms with E-state index < -0.39 is 28.7 Å². The van der Waals surface area contributed by atoms with Gasteiger partial charge in [0.1, 0.15) is 5.60 Å². The lowest BCUT2D eigenvalue weighted by Crippen LogP contribution is -2.42. The van der Waals surface area contributed by atoms with Crippen molar-refractivity contribution in [3.63, 3.8) is 0 Å². The van der Waals surface area contributed by atoms with Crippen LogP contribution in [0, 0.1) is 0 Å². The molecule has 0 unspecified atom stereocenters. The predicted molar refractivity (Wildman–Crippen MR) is 153 cm³/mol. The molecule has 5 rings (SSSR count). The average molecular weight is 600 g/mol. The van der Waals surface area contributed by atoms with Gasteiger partial charge in [-0.3, -0.25) is 9.48 Å². The fraction of sp³-hybridized carbons (Fsp3) is 0.500. The molecule has 43 heavy (non-hydrogen) atoms. The Morgan fingerprint density at radius 1 is 1.09 bits per heavy atom. The van der Waals surface area contributed by atoms with Crippen molar-refractivity contribution < 1.29 is 27.5 Å². The second-order valence-corrected chi connectivity index (χ2v) is 12.2. The van der Waals surface area contributed by atoms with Gasteiger partial charge in [0.15, 0.2) is 0 Å². The second-order valence-electron chi connectivity index (χ2n) is 12.2. The van der Waals surface area contributed by atoms with Crippen molar-refractivity contribution in [2.45, 2.75) is 82.5 Å². The van der Waals surface area contributed by atoms with Crippen LogP contribution in [0.5, 0.6) is 0 Å². The first-order valence-electron chi connectivity index (χ1n) is 14.4. The molecule has 3 aromatic rings. The lowest BCUT2D eigenvalue weighted by Gasteiger charge is -2.33. The summed E-state index contributed by atoms with van der Waals surface area (Å²) in [6, 6.07) is 7.29. The summed E-state index contributed by atoms with van der Waals surface area (Å²) in [6.45, 7) is 6.53. The molecule has 230 valence electrons. The van der Waals surface area contributed by atoms with E-state index in [1.165, 1.54) is 0 Å². The van der Waals surface area contributed by atoms with Crippen LogP contribution >= 0.6 is 0 Å². The zero-order chi connectivity index (χ0) is 31.0. The van der Waals surface area contributed by atoms with Crippen LogP contribution in [-0.2, 0) is 34.0 Å². The quantitative estimate of drug-likeness (QED) is 0.359. The minimum Gasteiger partial charge on any atom is -0.444 e. The van der Waals surface area contributed by atoms with Gasteiger partial charge in [0.2, 0.25) is 11.9 Å². The van der Waals surface area contributed by atoms with Crippen LogP contribution in [0.25, 0.3) is 0 Å². The summed E-state index contributed by atoms with van der Waals surface area (Å²) in [6.07, 6.45) is 2.01. The first kappa shape index (κ1) is 30.3. The third kappa shape index (κ3) is 6.91. The molecular formula is C30H36F3N7O3. The first-order valence-corrected chi connectivity index (χ1v) is 14.4. The maximum absolute atomic E-state index is 13.9. The number of hydrogen-bond donors (Lipinski definition) is 2. The third-order valence-electron chi connectivity index (χ3n) is 7.91. The molecule has 1 saturated heterocycles. The van der Waals surface area contributed by atoms with E-state index in [1.807, 2.05) is 32.9 Å². The standard InChI is InChI=1S/C30H36F3N7O3/c1-28(2,3)43-27(42)39-14-10-21(11-15-39)40-18-20(16-36-40)37-26-35-17-23(30(31,32)33)24(38-26)9-8-19-6-4-5-7-22(19)29(12-13-29)25(34)41/h4-7,16-18,21H,8-15H2,1-3H3,(H2,34,41)(H,35,37,38). The average Bonchev–Trinajstić information content (AvgIpc) is 3.63.